The molecule has 1 unspecified atom stereocenters. The second kappa shape index (κ2) is 11.4. The normalized spacial score (nSPS) is 17.2. The van der Waals surface area contributed by atoms with Gasteiger partial charge in [0.2, 0.25) is 0 Å². The predicted molar refractivity (Wildman–Crippen MR) is 133 cm³/mol. The smallest absolute Gasteiger partial charge is 0.270 e. The van der Waals surface area contributed by atoms with Gasteiger partial charge in [-0.05, 0) is 49.9 Å². The molecular weight excluding hydrogens is 462 g/mol. The van der Waals surface area contributed by atoms with Crippen LogP contribution in [0.15, 0.2) is 36.5 Å². The summed E-state index contributed by atoms with van der Waals surface area (Å²) in [6, 6.07) is 7.79. The number of hydrogen-bond donors (Lipinski definition) is 2. The Bertz CT molecular complexity index is 1150. The minimum absolute atomic E-state index is 0.0591. The minimum Gasteiger partial charge on any atom is -0.490 e. The van der Waals surface area contributed by atoms with Gasteiger partial charge in [-0.3, -0.25) is 9.78 Å². The van der Waals surface area contributed by atoms with E-state index in [2.05, 4.69) is 22.1 Å². The quantitative estimate of drug-likeness (QED) is 0.403. The Morgan fingerprint density at radius 3 is 2.75 bits per heavy atom. The highest BCUT2D eigenvalue weighted by atomic mass is 16.5. The lowest BCUT2D eigenvalue weighted by molar-refractivity contribution is -0.140. The second-order valence-corrected chi connectivity index (χ2v) is 9.28. The van der Waals surface area contributed by atoms with Crippen LogP contribution >= 0.6 is 0 Å². The molecule has 1 saturated heterocycles. The molecule has 1 aliphatic carbocycles. The molecule has 2 heterocycles. The molecule has 1 atom stereocenters. The van der Waals surface area contributed by atoms with Gasteiger partial charge in [0, 0.05) is 31.9 Å². The molecule has 2 fully saturated rings. The monoisotopic (exact) mass is 493 g/mol. The van der Waals surface area contributed by atoms with E-state index in [1.54, 1.807) is 24.3 Å². The highest BCUT2D eigenvalue weighted by Gasteiger charge is 2.33. The van der Waals surface area contributed by atoms with E-state index < -0.39 is 17.6 Å². The molecule has 1 aromatic carbocycles. The summed E-state index contributed by atoms with van der Waals surface area (Å²) < 4.78 is 16.8. The maximum atomic E-state index is 12.7. The van der Waals surface area contributed by atoms with Crippen LogP contribution in [-0.2, 0) is 9.53 Å². The molecule has 1 aliphatic heterocycles. The van der Waals surface area contributed by atoms with Crippen LogP contribution < -0.4 is 19.7 Å². The van der Waals surface area contributed by atoms with Crippen molar-refractivity contribution in [3.8, 4) is 23.3 Å². The number of aliphatic hydroxyl groups is 1. The van der Waals surface area contributed by atoms with E-state index in [1.807, 2.05) is 25.1 Å². The number of carbonyl (C=O) groups is 2. The fourth-order valence-electron chi connectivity index (χ4n) is 3.97. The topological polar surface area (TPSA) is 110 Å². The zero-order valence-electron chi connectivity index (χ0n) is 20.5. The van der Waals surface area contributed by atoms with E-state index in [-0.39, 0.29) is 31.6 Å². The number of aldehydes is 1. The van der Waals surface area contributed by atoms with Crippen LogP contribution in [0.5, 0.6) is 11.5 Å². The molecule has 0 radical (unpaired) electrons. The summed E-state index contributed by atoms with van der Waals surface area (Å²) >= 11 is 0. The van der Waals surface area contributed by atoms with Crippen LogP contribution in [0.1, 0.15) is 41.7 Å². The number of benzene rings is 1. The standard InChI is InChI=1S/C27H31N3O6/c1-30(2)24-13-19(9-11-27(33)17-34-18-27)7-8-25(24)35-16-20(15-31)29-26(32)23-14-22(10-12-28-23)36-21-5-3-4-6-21/h7-8,10,12-15,20-21,33H,3-6,16-18H2,1-2H3,(H,29,32). The van der Waals surface area contributed by atoms with Gasteiger partial charge in [0.15, 0.2) is 5.60 Å². The van der Waals surface area contributed by atoms with E-state index in [4.69, 9.17) is 14.2 Å². The molecule has 2 aliphatic rings. The summed E-state index contributed by atoms with van der Waals surface area (Å²) in [5.41, 5.74) is 0.526. The van der Waals surface area contributed by atoms with Gasteiger partial charge in [-0.15, -0.1) is 0 Å². The highest BCUT2D eigenvalue weighted by Crippen LogP contribution is 2.28. The van der Waals surface area contributed by atoms with Crippen LogP contribution in [0.25, 0.3) is 0 Å². The van der Waals surface area contributed by atoms with E-state index in [1.165, 1.54) is 6.20 Å². The van der Waals surface area contributed by atoms with Crippen LogP contribution in [0.2, 0.25) is 0 Å². The molecule has 2 N–H and O–H groups in total. The second-order valence-electron chi connectivity index (χ2n) is 9.28. The fourth-order valence-corrected chi connectivity index (χ4v) is 3.97. The number of rotatable bonds is 9. The largest absolute Gasteiger partial charge is 0.490 e. The molecule has 1 amide bonds. The number of nitrogens with zero attached hydrogens (tertiary/aromatic N) is 2. The van der Waals surface area contributed by atoms with Crippen molar-refractivity contribution in [2.24, 2.45) is 0 Å². The van der Waals surface area contributed by atoms with E-state index in [9.17, 15) is 14.7 Å². The average Bonchev–Trinajstić information content (AvgIpc) is 3.37. The molecule has 2 aromatic rings. The van der Waals surface area contributed by atoms with E-state index in [0.717, 1.165) is 31.4 Å². The lowest BCUT2D eigenvalue weighted by Crippen LogP contribution is -2.48. The number of pyridine rings is 1. The Morgan fingerprint density at radius 1 is 1.31 bits per heavy atom. The van der Waals surface area contributed by atoms with Gasteiger partial charge in [0.25, 0.3) is 5.91 Å². The SMILES string of the molecule is CN(C)c1cc(C#CC2(O)COC2)ccc1OCC(C=O)NC(=O)c1cc(OC2CCCC2)ccn1. The summed E-state index contributed by atoms with van der Waals surface area (Å²) in [4.78, 5) is 30.4. The van der Waals surface area contributed by atoms with Crippen molar-refractivity contribution >= 4 is 17.9 Å². The van der Waals surface area contributed by atoms with Crippen molar-refractivity contribution < 1.29 is 28.9 Å². The fraction of sp³-hybridized carbons (Fsp3) is 0.444. The Hall–Kier alpha value is -3.61. The Labute approximate surface area is 210 Å². The number of anilines is 1. The molecule has 4 rings (SSSR count). The maximum Gasteiger partial charge on any atom is 0.270 e. The number of carbonyl (C=O) groups excluding carboxylic acids is 2. The molecule has 1 saturated carbocycles. The maximum absolute atomic E-state index is 12.7. The minimum atomic E-state index is -1.10. The summed E-state index contributed by atoms with van der Waals surface area (Å²) in [5, 5.41) is 12.8. The van der Waals surface area contributed by atoms with E-state index >= 15 is 0 Å². The van der Waals surface area contributed by atoms with Gasteiger partial charge in [0.05, 0.1) is 25.0 Å². The number of ether oxygens (including phenoxy) is 3. The van der Waals surface area contributed by atoms with Gasteiger partial charge < -0.3 is 34.3 Å². The third-order valence-electron chi connectivity index (χ3n) is 6.03. The molecule has 0 bridgehead atoms. The third-order valence-corrected chi connectivity index (χ3v) is 6.03. The van der Waals surface area contributed by atoms with Crippen molar-refractivity contribution in [2.75, 3.05) is 38.8 Å². The summed E-state index contributed by atoms with van der Waals surface area (Å²) in [5.74, 6) is 6.44. The lowest BCUT2D eigenvalue weighted by Gasteiger charge is -2.30. The molecule has 9 nitrogen and oxygen atoms in total. The van der Waals surface area contributed by atoms with Crippen LogP contribution in [0.4, 0.5) is 5.69 Å². The van der Waals surface area contributed by atoms with Crippen molar-refractivity contribution in [1.29, 1.82) is 0 Å². The highest BCUT2D eigenvalue weighted by molar-refractivity contribution is 5.94. The van der Waals surface area contributed by atoms with Crippen molar-refractivity contribution in [2.45, 2.75) is 43.4 Å². The summed E-state index contributed by atoms with van der Waals surface area (Å²) in [7, 11) is 3.72. The predicted octanol–water partition coefficient (Wildman–Crippen LogP) is 1.96. The molecular formula is C27H31N3O6. The Balaban J connectivity index is 1.37. The Kier molecular flexibility index (Phi) is 8.08. The first-order valence-corrected chi connectivity index (χ1v) is 12.0. The first-order chi connectivity index (χ1) is 17.3. The number of hydrogen-bond acceptors (Lipinski definition) is 8. The molecule has 190 valence electrons. The van der Waals surface area contributed by atoms with Gasteiger partial charge >= 0.3 is 0 Å². The number of aromatic nitrogens is 1. The van der Waals surface area contributed by atoms with Gasteiger partial charge in [-0.25, -0.2) is 0 Å². The number of nitrogens with one attached hydrogen (secondary N) is 1. The van der Waals surface area contributed by atoms with Gasteiger partial charge in [-0.2, -0.15) is 0 Å². The van der Waals surface area contributed by atoms with Crippen LogP contribution in [0, 0.1) is 11.8 Å². The number of amides is 1. The van der Waals surface area contributed by atoms with E-state index in [0.29, 0.717) is 23.3 Å². The van der Waals surface area contributed by atoms with Gasteiger partial charge in [-0.1, -0.05) is 11.8 Å². The Morgan fingerprint density at radius 2 is 2.08 bits per heavy atom. The first kappa shape index (κ1) is 25.5. The van der Waals surface area contributed by atoms with Crippen molar-refractivity contribution in [3.05, 3.63) is 47.8 Å². The molecule has 0 spiro atoms. The molecule has 1 aromatic heterocycles. The first-order valence-electron chi connectivity index (χ1n) is 12.0. The molecule has 36 heavy (non-hydrogen) atoms. The summed E-state index contributed by atoms with van der Waals surface area (Å²) in [6.45, 7) is 0.345. The van der Waals surface area contributed by atoms with Gasteiger partial charge in [0.1, 0.15) is 36.1 Å². The third kappa shape index (κ3) is 6.53. The van der Waals surface area contributed by atoms with Crippen molar-refractivity contribution in [3.63, 3.8) is 0 Å². The zero-order valence-corrected chi connectivity index (χ0v) is 20.5. The summed E-state index contributed by atoms with van der Waals surface area (Å²) in [6.07, 6.45) is 6.63. The van der Waals surface area contributed by atoms with Crippen molar-refractivity contribution in [1.82, 2.24) is 10.3 Å². The average molecular weight is 494 g/mol. The lowest BCUT2D eigenvalue weighted by atomic mass is 10.0. The van der Waals surface area contributed by atoms with Crippen LogP contribution in [0.3, 0.4) is 0 Å². The van der Waals surface area contributed by atoms with Crippen LogP contribution in [-0.4, -0.2) is 73.9 Å². The zero-order chi connectivity index (χ0) is 25.5. The molecule has 9 heteroatoms.